The standard InChI is InChI=1S/C16H28BrN3/c1-5-14-16(17)15(20(6-2)18-14)11-19(4)13-9-7-8-12(3)10-13/h12-13H,5-11H2,1-4H3. The van der Waals surface area contributed by atoms with Crippen LogP contribution in [0.4, 0.5) is 0 Å². The van der Waals surface area contributed by atoms with E-state index in [1.54, 1.807) is 0 Å². The molecular weight excluding hydrogens is 314 g/mol. The summed E-state index contributed by atoms with van der Waals surface area (Å²) in [5, 5.41) is 4.70. The van der Waals surface area contributed by atoms with Gasteiger partial charge >= 0.3 is 0 Å². The zero-order valence-electron chi connectivity index (χ0n) is 13.3. The maximum Gasteiger partial charge on any atom is 0.0767 e. The second kappa shape index (κ2) is 7.08. The van der Waals surface area contributed by atoms with Crippen molar-refractivity contribution in [1.82, 2.24) is 14.7 Å². The Bertz CT molecular complexity index is 441. The molecule has 1 aliphatic carbocycles. The van der Waals surface area contributed by atoms with Gasteiger partial charge in [0.05, 0.1) is 15.9 Å². The molecule has 1 aromatic heterocycles. The van der Waals surface area contributed by atoms with E-state index in [0.29, 0.717) is 0 Å². The van der Waals surface area contributed by atoms with Crippen molar-refractivity contribution in [2.75, 3.05) is 7.05 Å². The van der Waals surface area contributed by atoms with Crippen molar-refractivity contribution < 1.29 is 0 Å². The Hall–Kier alpha value is -0.350. The monoisotopic (exact) mass is 341 g/mol. The summed E-state index contributed by atoms with van der Waals surface area (Å²) < 4.78 is 3.38. The third-order valence-electron chi connectivity index (χ3n) is 4.63. The van der Waals surface area contributed by atoms with Crippen LogP contribution in [0.3, 0.4) is 0 Å². The molecule has 0 amide bonds. The predicted molar refractivity (Wildman–Crippen MR) is 87.9 cm³/mol. The minimum Gasteiger partial charge on any atom is -0.298 e. The molecule has 0 aliphatic heterocycles. The van der Waals surface area contributed by atoms with Crippen molar-refractivity contribution in [3.8, 4) is 0 Å². The number of rotatable bonds is 5. The zero-order valence-corrected chi connectivity index (χ0v) is 14.9. The molecule has 0 aromatic carbocycles. The van der Waals surface area contributed by atoms with Crippen molar-refractivity contribution in [2.24, 2.45) is 5.92 Å². The van der Waals surface area contributed by atoms with Crippen LogP contribution >= 0.6 is 15.9 Å². The van der Waals surface area contributed by atoms with E-state index in [1.165, 1.54) is 41.5 Å². The molecule has 0 spiro atoms. The molecule has 0 radical (unpaired) electrons. The second-order valence-corrected chi connectivity index (χ2v) is 7.01. The van der Waals surface area contributed by atoms with Crippen LogP contribution in [0.5, 0.6) is 0 Å². The van der Waals surface area contributed by atoms with Gasteiger partial charge in [-0.25, -0.2) is 0 Å². The van der Waals surface area contributed by atoms with Gasteiger partial charge in [0.15, 0.2) is 0 Å². The van der Waals surface area contributed by atoms with E-state index in [-0.39, 0.29) is 0 Å². The molecule has 3 nitrogen and oxygen atoms in total. The van der Waals surface area contributed by atoms with Gasteiger partial charge in [0, 0.05) is 19.1 Å². The Morgan fingerprint density at radius 1 is 1.35 bits per heavy atom. The molecule has 1 aromatic rings. The van der Waals surface area contributed by atoms with Crippen molar-refractivity contribution >= 4 is 15.9 Å². The summed E-state index contributed by atoms with van der Waals surface area (Å²) in [6.07, 6.45) is 6.46. The van der Waals surface area contributed by atoms with E-state index in [0.717, 1.165) is 31.5 Å². The highest BCUT2D eigenvalue weighted by Gasteiger charge is 2.24. The number of nitrogens with zero attached hydrogens (tertiary/aromatic N) is 3. The molecule has 1 fully saturated rings. The highest BCUT2D eigenvalue weighted by Crippen LogP contribution is 2.29. The number of aromatic nitrogens is 2. The number of hydrogen-bond acceptors (Lipinski definition) is 2. The van der Waals surface area contributed by atoms with Crippen LogP contribution in [0.15, 0.2) is 4.47 Å². The van der Waals surface area contributed by atoms with Gasteiger partial charge in [-0.1, -0.05) is 26.7 Å². The molecular formula is C16H28BrN3. The van der Waals surface area contributed by atoms with Crippen LogP contribution < -0.4 is 0 Å². The van der Waals surface area contributed by atoms with Crippen molar-refractivity contribution in [3.63, 3.8) is 0 Å². The largest absolute Gasteiger partial charge is 0.298 e. The average molecular weight is 342 g/mol. The molecule has 0 bridgehead atoms. The van der Waals surface area contributed by atoms with Gasteiger partial charge in [-0.2, -0.15) is 5.10 Å². The number of halogens is 1. The molecule has 0 N–H and O–H groups in total. The molecule has 1 heterocycles. The Morgan fingerprint density at radius 3 is 2.70 bits per heavy atom. The third-order valence-corrected chi connectivity index (χ3v) is 5.54. The van der Waals surface area contributed by atoms with Gasteiger partial charge in [0.25, 0.3) is 0 Å². The van der Waals surface area contributed by atoms with E-state index in [9.17, 15) is 0 Å². The lowest BCUT2D eigenvalue weighted by Crippen LogP contribution is -2.35. The Balaban J connectivity index is 2.10. The van der Waals surface area contributed by atoms with E-state index in [2.05, 4.69) is 53.3 Å². The maximum atomic E-state index is 4.70. The summed E-state index contributed by atoms with van der Waals surface area (Å²) in [6, 6.07) is 0.732. The molecule has 20 heavy (non-hydrogen) atoms. The molecule has 1 aliphatic rings. The minimum absolute atomic E-state index is 0.732. The number of hydrogen-bond donors (Lipinski definition) is 0. The van der Waals surface area contributed by atoms with Crippen LogP contribution in [-0.2, 0) is 19.5 Å². The normalized spacial score (nSPS) is 23.5. The summed E-state index contributed by atoms with van der Waals surface area (Å²) in [5.74, 6) is 0.877. The predicted octanol–water partition coefficient (Wildman–Crippen LogP) is 4.24. The van der Waals surface area contributed by atoms with Crippen LogP contribution in [0.2, 0.25) is 0 Å². The molecule has 0 saturated heterocycles. The fraction of sp³-hybridized carbons (Fsp3) is 0.812. The lowest BCUT2D eigenvalue weighted by Gasteiger charge is -2.34. The maximum absolute atomic E-state index is 4.70. The van der Waals surface area contributed by atoms with Crippen LogP contribution in [0, 0.1) is 5.92 Å². The van der Waals surface area contributed by atoms with Crippen LogP contribution in [0.25, 0.3) is 0 Å². The van der Waals surface area contributed by atoms with Gasteiger partial charge in [-0.05, 0) is 55.1 Å². The zero-order chi connectivity index (χ0) is 14.7. The minimum atomic E-state index is 0.732. The second-order valence-electron chi connectivity index (χ2n) is 6.22. The lowest BCUT2D eigenvalue weighted by atomic mass is 9.86. The Morgan fingerprint density at radius 2 is 2.10 bits per heavy atom. The first-order chi connectivity index (χ1) is 9.56. The topological polar surface area (TPSA) is 21.1 Å². The van der Waals surface area contributed by atoms with Gasteiger partial charge in [0.2, 0.25) is 0 Å². The van der Waals surface area contributed by atoms with Crippen molar-refractivity contribution in [3.05, 3.63) is 15.9 Å². The van der Waals surface area contributed by atoms with Crippen LogP contribution in [-0.4, -0.2) is 27.8 Å². The summed E-state index contributed by atoms with van der Waals surface area (Å²) in [6.45, 7) is 8.68. The van der Waals surface area contributed by atoms with Crippen molar-refractivity contribution in [1.29, 1.82) is 0 Å². The Labute approximate surface area is 131 Å². The van der Waals surface area contributed by atoms with E-state index in [1.807, 2.05) is 0 Å². The SMILES string of the molecule is CCc1nn(CC)c(CN(C)C2CCCC(C)C2)c1Br. The van der Waals surface area contributed by atoms with E-state index < -0.39 is 0 Å². The van der Waals surface area contributed by atoms with Crippen molar-refractivity contribution in [2.45, 2.75) is 72.0 Å². The fourth-order valence-corrected chi connectivity index (χ4v) is 4.03. The average Bonchev–Trinajstić information content (AvgIpc) is 2.75. The highest BCUT2D eigenvalue weighted by molar-refractivity contribution is 9.10. The first-order valence-electron chi connectivity index (χ1n) is 8.01. The first kappa shape index (κ1) is 16.0. The molecule has 4 heteroatoms. The molecule has 114 valence electrons. The highest BCUT2D eigenvalue weighted by atomic mass is 79.9. The summed E-state index contributed by atoms with van der Waals surface area (Å²) in [4.78, 5) is 2.53. The summed E-state index contributed by atoms with van der Waals surface area (Å²) in [7, 11) is 2.27. The smallest absolute Gasteiger partial charge is 0.0767 e. The van der Waals surface area contributed by atoms with E-state index in [4.69, 9.17) is 5.10 Å². The van der Waals surface area contributed by atoms with Gasteiger partial charge in [-0.15, -0.1) is 0 Å². The van der Waals surface area contributed by atoms with Gasteiger partial charge in [0.1, 0.15) is 0 Å². The van der Waals surface area contributed by atoms with Gasteiger partial charge < -0.3 is 0 Å². The lowest BCUT2D eigenvalue weighted by molar-refractivity contribution is 0.154. The summed E-state index contributed by atoms with van der Waals surface area (Å²) in [5.41, 5.74) is 2.53. The summed E-state index contributed by atoms with van der Waals surface area (Å²) >= 11 is 3.76. The number of aryl methyl sites for hydroxylation is 2. The molecule has 2 rings (SSSR count). The van der Waals surface area contributed by atoms with Gasteiger partial charge in [-0.3, -0.25) is 9.58 Å². The van der Waals surface area contributed by atoms with E-state index >= 15 is 0 Å². The fourth-order valence-electron chi connectivity index (χ4n) is 3.34. The molecule has 1 saturated carbocycles. The molecule has 2 unspecified atom stereocenters. The third kappa shape index (κ3) is 3.45. The molecule has 2 atom stereocenters. The first-order valence-corrected chi connectivity index (χ1v) is 8.80. The quantitative estimate of drug-likeness (QED) is 0.798. The van der Waals surface area contributed by atoms with Crippen LogP contribution in [0.1, 0.15) is 57.8 Å². The Kier molecular flexibility index (Phi) is 5.67.